The highest BCUT2D eigenvalue weighted by Gasteiger charge is 2.01. The van der Waals surface area contributed by atoms with E-state index in [0.717, 1.165) is 17.0 Å². The second kappa shape index (κ2) is 12.1. The Kier molecular flexibility index (Phi) is 10.1. The molecule has 1 amide bonds. The first kappa shape index (κ1) is 21.8. The smallest absolute Gasteiger partial charge is 0.221 e. The molecule has 0 unspecified atom stereocenters. The maximum absolute atomic E-state index is 11.1. The molecular formula is C19H25IN4O2. The van der Waals surface area contributed by atoms with Crippen LogP contribution in [0.15, 0.2) is 59.6 Å². The Morgan fingerprint density at radius 3 is 2.54 bits per heavy atom. The van der Waals surface area contributed by atoms with Crippen molar-refractivity contribution in [1.82, 2.24) is 10.6 Å². The molecule has 6 nitrogen and oxygen atoms in total. The molecule has 0 saturated carbocycles. The molecule has 0 bridgehead atoms. The number of ether oxygens (including phenoxy) is 1. The molecule has 0 heterocycles. The van der Waals surface area contributed by atoms with Gasteiger partial charge in [0.15, 0.2) is 5.96 Å². The Bertz CT molecular complexity index is 708. The van der Waals surface area contributed by atoms with E-state index in [2.05, 4.69) is 20.9 Å². The lowest BCUT2D eigenvalue weighted by Crippen LogP contribution is -2.38. The number of para-hydroxylation sites is 1. The maximum Gasteiger partial charge on any atom is 0.221 e. The van der Waals surface area contributed by atoms with E-state index >= 15 is 0 Å². The topological polar surface area (TPSA) is 74.8 Å². The Balaban J connectivity index is 0.00000338. The molecule has 26 heavy (non-hydrogen) atoms. The Morgan fingerprint density at radius 1 is 1.08 bits per heavy atom. The number of carbonyl (C=O) groups is 1. The summed E-state index contributed by atoms with van der Waals surface area (Å²) in [6.45, 7) is 3.28. The molecule has 0 saturated heterocycles. The Hall–Kier alpha value is -2.29. The zero-order valence-corrected chi connectivity index (χ0v) is 17.3. The van der Waals surface area contributed by atoms with E-state index < -0.39 is 0 Å². The lowest BCUT2D eigenvalue weighted by atomic mass is 10.2. The average molecular weight is 468 g/mol. The van der Waals surface area contributed by atoms with Crippen molar-refractivity contribution >= 4 is 41.5 Å². The summed E-state index contributed by atoms with van der Waals surface area (Å²) >= 11 is 0. The molecule has 0 aliphatic heterocycles. The van der Waals surface area contributed by atoms with Gasteiger partial charge in [-0.15, -0.1) is 24.0 Å². The van der Waals surface area contributed by atoms with Crippen molar-refractivity contribution < 1.29 is 9.53 Å². The summed E-state index contributed by atoms with van der Waals surface area (Å²) in [6, 6.07) is 17.4. The highest BCUT2D eigenvalue weighted by Crippen LogP contribution is 2.10. The first-order chi connectivity index (χ1) is 12.2. The fourth-order valence-electron chi connectivity index (χ4n) is 2.22. The number of nitrogens with zero attached hydrogens (tertiary/aromatic N) is 1. The predicted octanol–water partition coefficient (Wildman–Crippen LogP) is 3.01. The summed E-state index contributed by atoms with van der Waals surface area (Å²) in [4.78, 5) is 15.3. The molecule has 0 radical (unpaired) electrons. The number of halogens is 1. The molecule has 3 N–H and O–H groups in total. The molecule has 140 valence electrons. The van der Waals surface area contributed by atoms with Crippen LogP contribution in [-0.2, 0) is 11.3 Å². The summed E-state index contributed by atoms with van der Waals surface area (Å²) in [5, 5.41) is 9.21. The van der Waals surface area contributed by atoms with Crippen LogP contribution in [0.5, 0.6) is 5.75 Å². The predicted molar refractivity (Wildman–Crippen MR) is 116 cm³/mol. The van der Waals surface area contributed by atoms with Crippen LogP contribution in [0, 0.1) is 0 Å². The van der Waals surface area contributed by atoms with Crippen LogP contribution < -0.4 is 20.7 Å². The van der Waals surface area contributed by atoms with Crippen molar-refractivity contribution in [2.45, 2.75) is 13.5 Å². The summed E-state index contributed by atoms with van der Waals surface area (Å²) < 4.78 is 5.63. The third kappa shape index (κ3) is 8.19. The van der Waals surface area contributed by atoms with Gasteiger partial charge in [0.05, 0.1) is 6.54 Å². The van der Waals surface area contributed by atoms with Gasteiger partial charge in [0, 0.05) is 26.2 Å². The van der Waals surface area contributed by atoms with Crippen molar-refractivity contribution in [2.75, 3.05) is 25.5 Å². The van der Waals surface area contributed by atoms with Crippen molar-refractivity contribution in [3.8, 4) is 5.75 Å². The second-order valence-electron chi connectivity index (χ2n) is 5.40. The zero-order valence-electron chi connectivity index (χ0n) is 15.0. The van der Waals surface area contributed by atoms with Crippen LogP contribution in [0.2, 0.25) is 0 Å². The number of hydrogen-bond acceptors (Lipinski definition) is 3. The van der Waals surface area contributed by atoms with Gasteiger partial charge in [0.25, 0.3) is 0 Å². The van der Waals surface area contributed by atoms with E-state index in [-0.39, 0.29) is 29.9 Å². The van der Waals surface area contributed by atoms with Crippen LogP contribution in [0.25, 0.3) is 0 Å². The van der Waals surface area contributed by atoms with Crippen LogP contribution in [-0.4, -0.2) is 32.1 Å². The fraction of sp³-hybridized carbons (Fsp3) is 0.263. The van der Waals surface area contributed by atoms with E-state index in [1.54, 1.807) is 7.05 Å². The standard InChI is InChI=1S/C19H24N4O2.HI/c1-15(24)23-17-8-6-7-16(13-17)14-22-19(20-2)21-11-12-25-18-9-4-3-5-10-18;/h3-10,13H,11-12,14H2,1-2H3,(H,23,24)(H2,20,21,22);1H. The van der Waals surface area contributed by atoms with Crippen LogP contribution >= 0.6 is 24.0 Å². The quantitative estimate of drug-likeness (QED) is 0.253. The van der Waals surface area contributed by atoms with Crippen molar-refractivity contribution in [3.63, 3.8) is 0 Å². The third-order valence-electron chi connectivity index (χ3n) is 3.34. The highest BCUT2D eigenvalue weighted by atomic mass is 127. The minimum absolute atomic E-state index is 0. The van der Waals surface area contributed by atoms with Crippen LogP contribution in [0.1, 0.15) is 12.5 Å². The molecule has 2 rings (SSSR count). The Morgan fingerprint density at radius 2 is 1.85 bits per heavy atom. The molecule has 0 fully saturated rings. The number of anilines is 1. The number of aliphatic imine (C=N–C) groups is 1. The first-order valence-electron chi connectivity index (χ1n) is 8.16. The number of benzene rings is 2. The lowest BCUT2D eigenvalue weighted by Gasteiger charge is -2.13. The van der Waals surface area contributed by atoms with Gasteiger partial charge in [-0.25, -0.2) is 0 Å². The van der Waals surface area contributed by atoms with Gasteiger partial charge in [-0.3, -0.25) is 9.79 Å². The van der Waals surface area contributed by atoms with Gasteiger partial charge in [-0.05, 0) is 29.8 Å². The van der Waals surface area contributed by atoms with Gasteiger partial charge in [-0.1, -0.05) is 30.3 Å². The highest BCUT2D eigenvalue weighted by molar-refractivity contribution is 14.0. The molecule has 0 aromatic heterocycles. The van der Waals surface area contributed by atoms with Crippen molar-refractivity contribution in [2.24, 2.45) is 4.99 Å². The Labute approximate surface area is 171 Å². The van der Waals surface area contributed by atoms with Crippen LogP contribution in [0.3, 0.4) is 0 Å². The number of hydrogen-bond donors (Lipinski definition) is 3. The molecule has 0 aliphatic carbocycles. The minimum Gasteiger partial charge on any atom is -0.492 e. The summed E-state index contributed by atoms with van der Waals surface area (Å²) in [7, 11) is 1.72. The number of nitrogens with one attached hydrogen (secondary N) is 3. The van der Waals surface area contributed by atoms with E-state index in [4.69, 9.17) is 4.74 Å². The largest absolute Gasteiger partial charge is 0.492 e. The van der Waals surface area contributed by atoms with Crippen LogP contribution in [0.4, 0.5) is 5.69 Å². The summed E-state index contributed by atoms with van der Waals surface area (Å²) in [6.07, 6.45) is 0. The number of amides is 1. The van der Waals surface area contributed by atoms with E-state index in [0.29, 0.717) is 25.7 Å². The fourth-order valence-corrected chi connectivity index (χ4v) is 2.22. The molecule has 0 aliphatic rings. The van der Waals surface area contributed by atoms with Gasteiger partial charge in [0.1, 0.15) is 12.4 Å². The first-order valence-corrected chi connectivity index (χ1v) is 8.16. The van der Waals surface area contributed by atoms with E-state index in [1.165, 1.54) is 6.92 Å². The number of guanidine groups is 1. The monoisotopic (exact) mass is 468 g/mol. The van der Waals surface area contributed by atoms with Gasteiger partial charge in [0.2, 0.25) is 5.91 Å². The molecular weight excluding hydrogens is 443 g/mol. The van der Waals surface area contributed by atoms with E-state index in [9.17, 15) is 4.79 Å². The molecule has 7 heteroatoms. The molecule has 2 aromatic carbocycles. The van der Waals surface area contributed by atoms with Gasteiger partial charge in [-0.2, -0.15) is 0 Å². The van der Waals surface area contributed by atoms with Gasteiger partial charge >= 0.3 is 0 Å². The van der Waals surface area contributed by atoms with Gasteiger partial charge < -0.3 is 20.7 Å². The lowest BCUT2D eigenvalue weighted by molar-refractivity contribution is -0.114. The summed E-state index contributed by atoms with van der Waals surface area (Å²) in [5.74, 6) is 1.46. The average Bonchev–Trinajstić information content (AvgIpc) is 2.62. The SMILES string of the molecule is CN=C(NCCOc1ccccc1)NCc1cccc(NC(C)=O)c1.I. The molecule has 2 aromatic rings. The maximum atomic E-state index is 11.1. The van der Waals surface area contributed by atoms with E-state index in [1.807, 2.05) is 54.6 Å². The molecule has 0 atom stereocenters. The minimum atomic E-state index is -0.0824. The number of rotatable bonds is 7. The number of carbonyl (C=O) groups excluding carboxylic acids is 1. The molecule has 0 spiro atoms. The normalized spacial score (nSPS) is 10.5. The zero-order chi connectivity index (χ0) is 17.9. The van der Waals surface area contributed by atoms with Crippen molar-refractivity contribution in [1.29, 1.82) is 0 Å². The second-order valence-corrected chi connectivity index (χ2v) is 5.40. The third-order valence-corrected chi connectivity index (χ3v) is 3.34. The summed E-state index contributed by atoms with van der Waals surface area (Å²) in [5.41, 5.74) is 1.83. The van der Waals surface area contributed by atoms with Crippen molar-refractivity contribution in [3.05, 3.63) is 60.2 Å².